The average molecular weight is 252 g/mol. The Morgan fingerprint density at radius 2 is 1.86 bits per heavy atom. The van der Waals surface area contributed by atoms with Crippen molar-refractivity contribution in [3.8, 4) is 0 Å². The van der Waals surface area contributed by atoms with Gasteiger partial charge in [0.2, 0.25) is 0 Å². The molecule has 2 N–H and O–H groups in total. The zero-order valence-electron chi connectivity index (χ0n) is 6.78. The third-order valence-electron chi connectivity index (χ3n) is 0.859. The fourth-order valence-corrected chi connectivity index (χ4v) is 0.731. The summed E-state index contributed by atoms with van der Waals surface area (Å²) in [4.78, 5) is 39.9. The van der Waals surface area contributed by atoms with Gasteiger partial charge in [-0.25, -0.2) is 4.79 Å². The first-order chi connectivity index (χ1) is 5.72. The zero-order valence-corrected chi connectivity index (χ0v) is 9.89. The van der Waals surface area contributed by atoms with E-state index >= 15 is 0 Å². The molecule has 0 saturated heterocycles. The van der Waals surface area contributed by atoms with Crippen molar-refractivity contribution in [2.45, 2.75) is 12.5 Å². The Labute approximate surface area is 108 Å². The fourth-order valence-electron chi connectivity index (χ4n) is 0.407. The molecule has 0 spiro atoms. The molecule has 0 rings (SSSR count). The molecule has 0 radical (unpaired) electrons. The first kappa shape index (κ1) is 16.7. The van der Waals surface area contributed by atoms with Gasteiger partial charge in [0, 0.05) is 0 Å². The van der Waals surface area contributed by atoms with Gasteiger partial charge in [0.25, 0.3) is 0 Å². The molecule has 1 unspecified atom stereocenters. The van der Waals surface area contributed by atoms with Crippen molar-refractivity contribution in [2.24, 2.45) is 0 Å². The van der Waals surface area contributed by atoms with Gasteiger partial charge in [-0.2, -0.15) is 0 Å². The molecule has 0 saturated carbocycles. The average Bonchev–Trinajstić information content (AvgIpc) is 1.81. The number of aliphatic hydroxyl groups is 1. The summed E-state index contributed by atoms with van der Waals surface area (Å²) in [7, 11) is -5.46. The van der Waals surface area contributed by atoms with Gasteiger partial charge < -0.3 is 29.1 Å². The maximum Gasteiger partial charge on any atom is 2.00 e. The second-order valence-electron chi connectivity index (χ2n) is 1.97. The minimum absolute atomic E-state index is 0. The van der Waals surface area contributed by atoms with Crippen LogP contribution in [0.4, 0.5) is 0 Å². The number of hydrogen-bond donors (Lipinski definition) is 2. The normalized spacial score (nSPS) is 12.5. The van der Waals surface area contributed by atoms with Crippen molar-refractivity contribution in [2.75, 3.05) is 0 Å². The molecule has 76 valence electrons. The number of rotatable bonds is 4. The smallest absolute Gasteiger partial charge is 0.780 e. The van der Waals surface area contributed by atoms with Gasteiger partial charge in [0.15, 0.2) is 6.10 Å². The predicted molar refractivity (Wildman–Crippen MR) is 37.7 cm³/mol. The van der Waals surface area contributed by atoms with E-state index in [9.17, 15) is 23.9 Å². The van der Waals surface area contributed by atoms with Crippen molar-refractivity contribution in [3.63, 3.8) is 0 Å². The van der Waals surface area contributed by atoms with E-state index in [0.29, 0.717) is 0 Å². The van der Waals surface area contributed by atoms with Crippen LogP contribution in [0.15, 0.2) is 0 Å². The monoisotopic (exact) mass is 252 g/mol. The zero-order chi connectivity index (χ0) is 10.6. The van der Waals surface area contributed by atoms with E-state index in [4.69, 9.17) is 10.2 Å². The molecule has 0 aromatic rings. The molecule has 0 aromatic heterocycles. The van der Waals surface area contributed by atoms with Crippen LogP contribution in [0.2, 0.25) is 0 Å². The number of carboxylic acids is 1. The predicted octanol–water partition coefficient (Wildman–Crippen LogP) is -3.19. The van der Waals surface area contributed by atoms with E-state index in [1.807, 2.05) is 0 Å². The van der Waals surface area contributed by atoms with Crippen LogP contribution >= 0.6 is 7.82 Å². The van der Waals surface area contributed by atoms with Crippen LogP contribution in [0.3, 0.4) is 0 Å². The van der Waals surface area contributed by atoms with Crippen LogP contribution in [0, 0.1) is 0 Å². The Morgan fingerprint density at radius 1 is 1.43 bits per heavy atom. The molecule has 0 amide bonds. The summed E-state index contributed by atoms with van der Waals surface area (Å²) in [5, 5.41) is 16.5. The van der Waals surface area contributed by atoms with Gasteiger partial charge in [0.05, 0.1) is 6.42 Å². The van der Waals surface area contributed by atoms with Gasteiger partial charge in [-0.05, 0) is 0 Å². The van der Waals surface area contributed by atoms with Crippen molar-refractivity contribution in [3.05, 3.63) is 0 Å². The van der Waals surface area contributed by atoms with E-state index in [1.54, 1.807) is 0 Å². The summed E-state index contributed by atoms with van der Waals surface area (Å²) >= 11 is 0. The summed E-state index contributed by atoms with van der Waals surface area (Å²) in [5.74, 6) is -3.33. The number of carbonyl (C=O) groups is 2. The molecule has 0 bridgehead atoms. The SMILES string of the molecule is O=C(CC(O)C(=O)O)OP(=O)([O-])[O-].[Ca+2]. The Balaban J connectivity index is 0. The Bertz CT molecular complexity index is 258. The van der Waals surface area contributed by atoms with Crippen LogP contribution in [0.1, 0.15) is 6.42 Å². The second kappa shape index (κ2) is 6.73. The minimum atomic E-state index is -5.46. The molecule has 14 heavy (non-hydrogen) atoms. The van der Waals surface area contributed by atoms with E-state index < -0.39 is 32.3 Å². The van der Waals surface area contributed by atoms with Gasteiger partial charge >= 0.3 is 49.7 Å². The molecule has 0 fully saturated rings. The number of aliphatic carboxylic acids is 1. The Morgan fingerprint density at radius 3 is 2.14 bits per heavy atom. The molecule has 0 aromatic carbocycles. The standard InChI is InChI=1S/C4H7O8P.Ca/c5-2(4(7)8)1-3(6)12-13(9,10)11;/h2,5H,1H2,(H,7,8)(H2,9,10,11);/q;+2/p-2. The molecule has 0 heterocycles. The van der Waals surface area contributed by atoms with Crippen molar-refractivity contribution in [1.82, 2.24) is 0 Å². The van der Waals surface area contributed by atoms with Gasteiger partial charge in [-0.1, -0.05) is 0 Å². The van der Waals surface area contributed by atoms with Crippen LogP contribution in [0.5, 0.6) is 0 Å². The van der Waals surface area contributed by atoms with Crippen molar-refractivity contribution >= 4 is 57.5 Å². The first-order valence-electron chi connectivity index (χ1n) is 2.87. The van der Waals surface area contributed by atoms with Gasteiger partial charge in [-0.3, -0.25) is 4.79 Å². The Kier molecular flexibility index (Phi) is 8.04. The summed E-state index contributed by atoms with van der Waals surface area (Å²) in [6.07, 6.45) is -3.18. The van der Waals surface area contributed by atoms with E-state index in [0.717, 1.165) is 0 Å². The topological polar surface area (TPSA) is 147 Å². The first-order valence-corrected chi connectivity index (χ1v) is 4.34. The quantitative estimate of drug-likeness (QED) is 0.393. The van der Waals surface area contributed by atoms with Gasteiger partial charge in [0.1, 0.15) is 7.82 Å². The van der Waals surface area contributed by atoms with Crippen LogP contribution in [-0.4, -0.2) is 66.0 Å². The maximum atomic E-state index is 10.4. The number of phosphoric acid groups is 1. The number of carboxylic acid groups (broad SMARTS) is 1. The van der Waals surface area contributed by atoms with Crippen molar-refractivity contribution < 1.29 is 38.7 Å². The van der Waals surface area contributed by atoms with E-state index in [1.165, 1.54) is 0 Å². The Hall–Kier alpha value is 0.310. The van der Waals surface area contributed by atoms with Crippen LogP contribution in [0.25, 0.3) is 0 Å². The number of hydrogen-bond acceptors (Lipinski definition) is 7. The molecular weight excluding hydrogens is 247 g/mol. The number of carbonyl (C=O) groups excluding carboxylic acids is 1. The summed E-state index contributed by atoms with van der Waals surface area (Å²) in [6.45, 7) is 0. The summed E-state index contributed by atoms with van der Waals surface area (Å²) in [6, 6.07) is 0. The number of aliphatic hydroxyl groups excluding tert-OH is 1. The largest absolute Gasteiger partial charge is 2.00 e. The van der Waals surface area contributed by atoms with Crippen molar-refractivity contribution in [1.29, 1.82) is 0 Å². The molecule has 8 nitrogen and oxygen atoms in total. The third-order valence-corrected chi connectivity index (χ3v) is 1.29. The maximum absolute atomic E-state index is 10.4. The van der Waals surface area contributed by atoms with E-state index in [-0.39, 0.29) is 37.7 Å². The fraction of sp³-hybridized carbons (Fsp3) is 0.500. The van der Waals surface area contributed by atoms with Gasteiger partial charge in [-0.15, -0.1) is 0 Å². The molecular formula is C4H5CaO8P. The molecule has 0 aliphatic heterocycles. The van der Waals surface area contributed by atoms with E-state index in [2.05, 4.69) is 4.52 Å². The summed E-state index contributed by atoms with van der Waals surface area (Å²) < 4.78 is 13.0. The third kappa shape index (κ3) is 8.89. The number of phosphoric ester groups is 1. The summed E-state index contributed by atoms with van der Waals surface area (Å²) in [5.41, 5.74) is 0. The van der Waals surface area contributed by atoms with Crippen LogP contribution < -0.4 is 9.79 Å². The van der Waals surface area contributed by atoms with Crippen LogP contribution in [-0.2, 0) is 18.7 Å². The molecule has 0 aliphatic carbocycles. The molecule has 0 aliphatic rings. The second-order valence-corrected chi connectivity index (χ2v) is 3.05. The minimum Gasteiger partial charge on any atom is -0.780 e. The molecule has 1 atom stereocenters. The molecule has 10 heteroatoms.